The van der Waals surface area contributed by atoms with E-state index in [0.29, 0.717) is 30.3 Å². The van der Waals surface area contributed by atoms with Crippen molar-refractivity contribution in [1.29, 1.82) is 0 Å². The molecule has 1 N–H and O–H groups in total. The van der Waals surface area contributed by atoms with Gasteiger partial charge in [-0.3, -0.25) is 4.79 Å². The zero-order valence-corrected chi connectivity index (χ0v) is 15.2. The fraction of sp³-hybridized carbons (Fsp3) is 0.389. The summed E-state index contributed by atoms with van der Waals surface area (Å²) in [5.41, 5.74) is 0.262. The van der Waals surface area contributed by atoms with Gasteiger partial charge in [0, 0.05) is 6.07 Å². The van der Waals surface area contributed by atoms with E-state index in [9.17, 15) is 9.59 Å². The van der Waals surface area contributed by atoms with Crippen LogP contribution in [-0.4, -0.2) is 36.9 Å². The van der Waals surface area contributed by atoms with Crippen molar-refractivity contribution in [2.24, 2.45) is 0 Å². The van der Waals surface area contributed by atoms with Gasteiger partial charge in [-0.2, -0.15) is 0 Å². The molecular weight excluding hydrogens is 340 g/mol. The number of benzene rings is 1. The number of aromatic nitrogens is 1. The van der Waals surface area contributed by atoms with E-state index in [-0.39, 0.29) is 11.4 Å². The monoisotopic (exact) mass is 362 g/mol. The highest BCUT2D eigenvalue weighted by molar-refractivity contribution is 5.97. The van der Waals surface area contributed by atoms with E-state index in [1.165, 1.54) is 13.2 Å². The molecular formula is C18H22N2O6. The summed E-state index contributed by atoms with van der Waals surface area (Å²) in [4.78, 5) is 24.7. The van der Waals surface area contributed by atoms with Crippen molar-refractivity contribution in [3.05, 3.63) is 35.6 Å². The van der Waals surface area contributed by atoms with Gasteiger partial charge < -0.3 is 24.1 Å². The second-order valence-electron chi connectivity index (χ2n) is 5.41. The number of methoxy groups -OCH3 is 1. The van der Waals surface area contributed by atoms with Gasteiger partial charge in [0.15, 0.2) is 23.4 Å². The van der Waals surface area contributed by atoms with Crippen molar-refractivity contribution >= 4 is 17.7 Å². The van der Waals surface area contributed by atoms with Crippen LogP contribution in [0.1, 0.15) is 36.4 Å². The lowest BCUT2D eigenvalue weighted by molar-refractivity contribution is -0.124. The molecule has 8 heteroatoms. The third-order valence-electron chi connectivity index (χ3n) is 3.49. The lowest BCUT2D eigenvalue weighted by atomic mass is 10.2. The molecule has 8 nitrogen and oxygen atoms in total. The van der Waals surface area contributed by atoms with Gasteiger partial charge in [0.2, 0.25) is 0 Å². The number of carbonyl (C=O) groups is 2. The van der Waals surface area contributed by atoms with Gasteiger partial charge in [-0.05, 0) is 38.5 Å². The number of ether oxygens (including phenoxy) is 3. The summed E-state index contributed by atoms with van der Waals surface area (Å²) in [5, 5.41) is 6.24. The molecule has 0 bridgehead atoms. The summed E-state index contributed by atoms with van der Waals surface area (Å²) in [5.74, 6) is 0.659. The Morgan fingerprint density at radius 2 is 2.00 bits per heavy atom. The van der Waals surface area contributed by atoms with E-state index in [0.717, 1.165) is 0 Å². The van der Waals surface area contributed by atoms with Crippen molar-refractivity contribution in [2.45, 2.75) is 33.3 Å². The Morgan fingerprint density at radius 1 is 1.23 bits per heavy atom. The summed E-state index contributed by atoms with van der Waals surface area (Å²) in [7, 11) is 1.51. The number of amides is 1. The highest BCUT2D eigenvalue weighted by Gasteiger charge is 2.23. The Bertz CT molecular complexity index is 771. The summed E-state index contributed by atoms with van der Waals surface area (Å²) in [6.45, 7) is 5.70. The molecule has 0 aliphatic rings. The maximum absolute atomic E-state index is 12.4. The predicted octanol–water partition coefficient (Wildman–Crippen LogP) is 2.96. The predicted molar refractivity (Wildman–Crippen MR) is 93.5 cm³/mol. The second-order valence-corrected chi connectivity index (χ2v) is 5.41. The van der Waals surface area contributed by atoms with Gasteiger partial charge >= 0.3 is 5.97 Å². The van der Waals surface area contributed by atoms with E-state index in [2.05, 4.69) is 10.5 Å². The van der Waals surface area contributed by atoms with Crippen molar-refractivity contribution in [2.75, 3.05) is 19.0 Å². The molecule has 0 spiro atoms. The van der Waals surface area contributed by atoms with E-state index >= 15 is 0 Å². The molecule has 0 radical (unpaired) electrons. The normalized spacial score (nSPS) is 11.5. The second kappa shape index (κ2) is 8.89. The molecule has 2 aromatic rings. The van der Waals surface area contributed by atoms with Crippen molar-refractivity contribution < 1.29 is 28.3 Å². The summed E-state index contributed by atoms with van der Waals surface area (Å²) < 4.78 is 20.8. The van der Waals surface area contributed by atoms with E-state index < -0.39 is 18.0 Å². The first-order chi connectivity index (χ1) is 12.5. The molecule has 2 rings (SSSR count). The standard InChI is InChI=1S/C18H22N2O6/c1-5-13(17(21)19-16-9-11(3)26-20-16)25-18(22)12-7-8-14(23-4)15(10-12)24-6-2/h7-10,13H,5-6H2,1-4H3,(H,19,20,21). The Morgan fingerprint density at radius 3 is 2.58 bits per heavy atom. The highest BCUT2D eigenvalue weighted by Crippen LogP contribution is 2.28. The van der Waals surface area contributed by atoms with Gasteiger partial charge in [-0.1, -0.05) is 12.1 Å². The van der Waals surface area contributed by atoms with Gasteiger partial charge in [0.1, 0.15) is 5.76 Å². The zero-order chi connectivity index (χ0) is 19.1. The third-order valence-corrected chi connectivity index (χ3v) is 3.49. The number of hydrogen-bond donors (Lipinski definition) is 1. The summed E-state index contributed by atoms with van der Waals surface area (Å²) >= 11 is 0. The summed E-state index contributed by atoms with van der Waals surface area (Å²) in [6.07, 6.45) is -0.653. The SMILES string of the molecule is CCOc1cc(C(=O)OC(CC)C(=O)Nc2cc(C)on2)ccc1OC. The van der Waals surface area contributed by atoms with E-state index in [4.69, 9.17) is 18.7 Å². The van der Waals surface area contributed by atoms with Gasteiger partial charge in [0.05, 0.1) is 19.3 Å². The Balaban J connectivity index is 2.08. The number of rotatable bonds is 8. The lowest BCUT2D eigenvalue weighted by Crippen LogP contribution is -2.32. The first-order valence-corrected chi connectivity index (χ1v) is 8.24. The molecule has 1 atom stereocenters. The molecule has 1 aromatic carbocycles. The van der Waals surface area contributed by atoms with Gasteiger partial charge in [0.25, 0.3) is 5.91 Å². The molecule has 0 aliphatic heterocycles. The molecule has 0 aliphatic carbocycles. The van der Waals surface area contributed by atoms with Crippen molar-refractivity contribution in [3.63, 3.8) is 0 Å². The fourth-order valence-electron chi connectivity index (χ4n) is 2.22. The van der Waals surface area contributed by atoms with Crippen LogP contribution < -0.4 is 14.8 Å². The first-order valence-electron chi connectivity index (χ1n) is 8.24. The molecule has 26 heavy (non-hydrogen) atoms. The van der Waals surface area contributed by atoms with E-state index in [1.807, 2.05) is 6.92 Å². The lowest BCUT2D eigenvalue weighted by Gasteiger charge is -2.16. The first kappa shape index (κ1) is 19.3. The van der Waals surface area contributed by atoms with Crippen LogP contribution in [0.4, 0.5) is 5.82 Å². The van der Waals surface area contributed by atoms with Gasteiger partial charge in [-0.25, -0.2) is 4.79 Å². The van der Waals surface area contributed by atoms with Crippen LogP contribution in [0.5, 0.6) is 11.5 Å². The largest absolute Gasteiger partial charge is 0.493 e. The smallest absolute Gasteiger partial charge is 0.339 e. The minimum atomic E-state index is -0.961. The molecule has 1 aromatic heterocycles. The third kappa shape index (κ3) is 4.75. The minimum Gasteiger partial charge on any atom is -0.493 e. The zero-order valence-electron chi connectivity index (χ0n) is 15.2. The van der Waals surface area contributed by atoms with Crippen LogP contribution in [-0.2, 0) is 9.53 Å². The Hall–Kier alpha value is -3.03. The Kier molecular flexibility index (Phi) is 6.60. The number of carbonyl (C=O) groups excluding carboxylic acids is 2. The molecule has 0 saturated heterocycles. The van der Waals surface area contributed by atoms with Crippen LogP contribution in [0.2, 0.25) is 0 Å². The number of nitrogens with zero attached hydrogens (tertiary/aromatic N) is 1. The molecule has 1 unspecified atom stereocenters. The topological polar surface area (TPSA) is 99.9 Å². The molecule has 0 saturated carbocycles. The minimum absolute atomic E-state index is 0.262. The number of nitrogens with one attached hydrogen (secondary N) is 1. The van der Waals surface area contributed by atoms with Crippen LogP contribution in [0.25, 0.3) is 0 Å². The van der Waals surface area contributed by atoms with Crippen molar-refractivity contribution in [3.8, 4) is 11.5 Å². The van der Waals surface area contributed by atoms with Crippen molar-refractivity contribution in [1.82, 2.24) is 5.16 Å². The molecule has 140 valence electrons. The van der Waals surface area contributed by atoms with Crippen LogP contribution in [0, 0.1) is 6.92 Å². The summed E-state index contributed by atoms with van der Waals surface area (Å²) in [6, 6.07) is 6.26. The fourth-order valence-corrected chi connectivity index (χ4v) is 2.22. The van der Waals surface area contributed by atoms with Crippen LogP contribution in [0.3, 0.4) is 0 Å². The number of aryl methyl sites for hydroxylation is 1. The quantitative estimate of drug-likeness (QED) is 0.721. The van der Waals surface area contributed by atoms with E-state index in [1.54, 1.807) is 32.0 Å². The average Bonchev–Trinajstić information content (AvgIpc) is 3.04. The molecule has 1 amide bonds. The number of esters is 1. The maximum Gasteiger partial charge on any atom is 0.339 e. The number of anilines is 1. The number of hydrogen-bond acceptors (Lipinski definition) is 7. The molecule has 0 fully saturated rings. The Labute approximate surface area is 151 Å². The molecule has 1 heterocycles. The highest BCUT2D eigenvalue weighted by atomic mass is 16.5. The average molecular weight is 362 g/mol. The maximum atomic E-state index is 12.4. The van der Waals surface area contributed by atoms with Crippen LogP contribution in [0.15, 0.2) is 28.8 Å². The van der Waals surface area contributed by atoms with Crippen LogP contribution >= 0.6 is 0 Å². The van der Waals surface area contributed by atoms with Gasteiger partial charge in [-0.15, -0.1) is 0 Å².